The van der Waals surface area contributed by atoms with Crippen LogP contribution in [0.4, 0.5) is 11.4 Å². The van der Waals surface area contributed by atoms with Crippen molar-refractivity contribution in [3.63, 3.8) is 0 Å². The van der Waals surface area contributed by atoms with Crippen LogP contribution in [0.3, 0.4) is 0 Å². The molecule has 0 saturated carbocycles. The number of amides is 1. The number of hydrogen-bond acceptors (Lipinski definition) is 6. The summed E-state index contributed by atoms with van der Waals surface area (Å²) in [6.45, 7) is 1.86. The van der Waals surface area contributed by atoms with Crippen molar-refractivity contribution >= 4 is 27.3 Å². The second kappa shape index (κ2) is 8.60. The van der Waals surface area contributed by atoms with Crippen molar-refractivity contribution in [1.82, 2.24) is 20.2 Å². The van der Waals surface area contributed by atoms with Crippen LogP contribution in [-0.2, 0) is 10.0 Å². The second-order valence-corrected chi connectivity index (χ2v) is 9.01. The minimum Gasteiger partial charge on any atom is -0.322 e. The maximum absolute atomic E-state index is 13.1. The third-order valence-corrected chi connectivity index (χ3v) is 6.74. The average molecular weight is 449 g/mol. The Morgan fingerprint density at radius 3 is 2.50 bits per heavy atom. The molecule has 10 heteroatoms. The number of nitrogens with one attached hydrogen (secondary N) is 1. The first kappa shape index (κ1) is 21.2. The van der Waals surface area contributed by atoms with Gasteiger partial charge in [0.25, 0.3) is 15.9 Å². The number of nitrogens with zero attached hydrogens (tertiary/aromatic N) is 5. The highest BCUT2D eigenvalue weighted by Gasteiger charge is 2.22. The van der Waals surface area contributed by atoms with Crippen LogP contribution in [0, 0.1) is 6.92 Å². The van der Waals surface area contributed by atoms with E-state index in [1.807, 2.05) is 25.1 Å². The van der Waals surface area contributed by atoms with Crippen LogP contribution >= 0.6 is 0 Å². The van der Waals surface area contributed by atoms with Crippen molar-refractivity contribution in [3.8, 4) is 5.69 Å². The Hall–Kier alpha value is -4.05. The molecule has 4 rings (SSSR count). The predicted octanol–water partition coefficient (Wildman–Crippen LogP) is 3.05. The Morgan fingerprint density at radius 1 is 1.00 bits per heavy atom. The van der Waals surface area contributed by atoms with Crippen LogP contribution in [0.25, 0.3) is 5.69 Å². The van der Waals surface area contributed by atoms with E-state index in [0.29, 0.717) is 17.1 Å². The molecule has 4 aromatic rings. The van der Waals surface area contributed by atoms with Gasteiger partial charge in [-0.05, 0) is 65.4 Å². The molecular formula is C22H20N6O3S. The third-order valence-electron chi connectivity index (χ3n) is 4.96. The highest BCUT2D eigenvalue weighted by molar-refractivity contribution is 7.92. The zero-order valence-corrected chi connectivity index (χ0v) is 18.2. The summed E-state index contributed by atoms with van der Waals surface area (Å²) in [6.07, 6.45) is 1.45. The van der Waals surface area contributed by atoms with E-state index in [4.69, 9.17) is 0 Å². The van der Waals surface area contributed by atoms with E-state index in [1.165, 1.54) is 34.5 Å². The molecule has 1 N–H and O–H groups in total. The van der Waals surface area contributed by atoms with E-state index >= 15 is 0 Å². The van der Waals surface area contributed by atoms with E-state index in [1.54, 1.807) is 42.5 Å². The fourth-order valence-corrected chi connectivity index (χ4v) is 4.34. The van der Waals surface area contributed by atoms with Gasteiger partial charge in [0.05, 0.1) is 16.3 Å². The summed E-state index contributed by atoms with van der Waals surface area (Å²) in [5.74, 6) is -0.429. The third kappa shape index (κ3) is 4.21. The van der Waals surface area contributed by atoms with Gasteiger partial charge in [0.15, 0.2) is 0 Å². The van der Waals surface area contributed by atoms with Crippen molar-refractivity contribution in [3.05, 3.63) is 90.3 Å². The van der Waals surface area contributed by atoms with Gasteiger partial charge in [-0.15, -0.1) is 5.10 Å². The molecule has 0 aliphatic rings. The molecule has 0 bridgehead atoms. The first-order valence-electron chi connectivity index (χ1n) is 9.66. The molecule has 0 radical (unpaired) electrons. The Balaban J connectivity index is 1.60. The molecule has 0 saturated heterocycles. The van der Waals surface area contributed by atoms with Crippen molar-refractivity contribution in [2.45, 2.75) is 11.8 Å². The summed E-state index contributed by atoms with van der Waals surface area (Å²) in [5, 5.41) is 13.9. The van der Waals surface area contributed by atoms with E-state index in [9.17, 15) is 13.2 Å². The van der Waals surface area contributed by atoms with Crippen molar-refractivity contribution in [1.29, 1.82) is 0 Å². The molecule has 1 heterocycles. The summed E-state index contributed by atoms with van der Waals surface area (Å²) in [4.78, 5) is 12.9. The standard InChI is InChI=1S/C22H20N6O3S/c1-16-11-12-19(28-15-23-25-26-28)14-21(16)24-22(29)17-7-6-10-20(13-17)32(30,31)27(2)18-8-4-3-5-9-18/h3-15H,1-2H3,(H,24,29). The van der Waals surface area contributed by atoms with Gasteiger partial charge in [0.1, 0.15) is 6.33 Å². The van der Waals surface area contributed by atoms with E-state index in [0.717, 1.165) is 5.56 Å². The first-order valence-corrected chi connectivity index (χ1v) is 11.1. The van der Waals surface area contributed by atoms with Gasteiger partial charge in [-0.3, -0.25) is 9.10 Å². The molecule has 1 aromatic heterocycles. The Morgan fingerprint density at radius 2 is 1.78 bits per heavy atom. The lowest BCUT2D eigenvalue weighted by Crippen LogP contribution is -2.26. The lowest BCUT2D eigenvalue weighted by atomic mass is 10.1. The Kier molecular flexibility index (Phi) is 5.69. The highest BCUT2D eigenvalue weighted by atomic mass is 32.2. The number of tetrazole rings is 1. The number of aryl methyl sites for hydroxylation is 1. The Labute approximate surface area is 185 Å². The lowest BCUT2D eigenvalue weighted by molar-refractivity contribution is 0.102. The molecule has 0 unspecified atom stereocenters. The van der Waals surface area contributed by atoms with Crippen LogP contribution in [-0.4, -0.2) is 41.6 Å². The van der Waals surface area contributed by atoms with Crippen LogP contribution in [0.15, 0.2) is 84.0 Å². The summed E-state index contributed by atoms with van der Waals surface area (Å²) in [6, 6.07) is 20.1. The molecular weight excluding hydrogens is 428 g/mol. The molecule has 1 amide bonds. The smallest absolute Gasteiger partial charge is 0.264 e. The maximum atomic E-state index is 13.1. The topological polar surface area (TPSA) is 110 Å². The van der Waals surface area contributed by atoms with Gasteiger partial charge in [-0.2, -0.15) is 0 Å². The molecule has 0 fully saturated rings. The van der Waals surface area contributed by atoms with Gasteiger partial charge in [-0.1, -0.05) is 30.3 Å². The van der Waals surface area contributed by atoms with Gasteiger partial charge >= 0.3 is 0 Å². The molecule has 0 aliphatic carbocycles. The molecule has 3 aromatic carbocycles. The molecule has 9 nitrogen and oxygen atoms in total. The minimum atomic E-state index is -3.84. The summed E-state index contributed by atoms with van der Waals surface area (Å²) < 4.78 is 28.8. The quantitative estimate of drug-likeness (QED) is 0.485. The number of hydrogen-bond donors (Lipinski definition) is 1. The highest BCUT2D eigenvalue weighted by Crippen LogP contribution is 2.24. The fourth-order valence-electron chi connectivity index (χ4n) is 3.09. The van der Waals surface area contributed by atoms with E-state index in [2.05, 4.69) is 20.8 Å². The zero-order valence-electron chi connectivity index (χ0n) is 17.4. The predicted molar refractivity (Wildman–Crippen MR) is 120 cm³/mol. The number of para-hydroxylation sites is 1. The monoisotopic (exact) mass is 448 g/mol. The number of rotatable bonds is 6. The molecule has 162 valence electrons. The van der Waals surface area contributed by atoms with E-state index in [-0.39, 0.29) is 10.5 Å². The molecule has 0 spiro atoms. The maximum Gasteiger partial charge on any atom is 0.264 e. The van der Waals surface area contributed by atoms with Crippen molar-refractivity contribution < 1.29 is 13.2 Å². The Bertz CT molecular complexity index is 1360. The van der Waals surface area contributed by atoms with Gasteiger partial charge < -0.3 is 5.32 Å². The number of anilines is 2. The molecule has 32 heavy (non-hydrogen) atoms. The fraction of sp³-hybridized carbons (Fsp3) is 0.0909. The summed E-state index contributed by atoms with van der Waals surface area (Å²) in [5.41, 5.74) is 2.83. The average Bonchev–Trinajstić information content (AvgIpc) is 3.35. The second-order valence-electron chi connectivity index (χ2n) is 7.04. The van der Waals surface area contributed by atoms with Crippen LogP contribution in [0.5, 0.6) is 0 Å². The van der Waals surface area contributed by atoms with Crippen LogP contribution in [0.2, 0.25) is 0 Å². The first-order chi connectivity index (χ1) is 15.4. The summed E-state index contributed by atoms with van der Waals surface area (Å²) >= 11 is 0. The van der Waals surface area contributed by atoms with E-state index < -0.39 is 15.9 Å². The summed E-state index contributed by atoms with van der Waals surface area (Å²) in [7, 11) is -2.36. The number of sulfonamides is 1. The number of aromatic nitrogens is 4. The van der Waals surface area contributed by atoms with Crippen LogP contribution in [0.1, 0.15) is 15.9 Å². The van der Waals surface area contributed by atoms with Crippen LogP contribution < -0.4 is 9.62 Å². The number of carbonyl (C=O) groups excluding carboxylic acids is 1. The lowest BCUT2D eigenvalue weighted by Gasteiger charge is -2.19. The van der Waals surface area contributed by atoms with Crippen molar-refractivity contribution in [2.75, 3.05) is 16.7 Å². The van der Waals surface area contributed by atoms with Gasteiger partial charge in [-0.25, -0.2) is 13.1 Å². The SMILES string of the molecule is Cc1ccc(-n2cnnn2)cc1NC(=O)c1cccc(S(=O)(=O)N(C)c2ccccc2)c1. The van der Waals surface area contributed by atoms with Crippen molar-refractivity contribution in [2.24, 2.45) is 0 Å². The molecule has 0 aliphatic heterocycles. The van der Waals surface area contributed by atoms with Gasteiger partial charge in [0.2, 0.25) is 0 Å². The number of carbonyl (C=O) groups is 1. The van der Waals surface area contributed by atoms with Gasteiger partial charge in [0, 0.05) is 18.3 Å². The molecule has 0 atom stereocenters. The zero-order chi connectivity index (χ0) is 22.7. The largest absolute Gasteiger partial charge is 0.322 e. The number of benzene rings is 3. The minimum absolute atomic E-state index is 0.0238. The normalized spacial score (nSPS) is 11.2.